The SMILES string of the molecule is CCCC#CC(=O)C(F)(F)F. The third-order valence-corrected chi connectivity index (χ3v) is 0.834. The van der Waals surface area contributed by atoms with Crippen molar-refractivity contribution in [2.75, 3.05) is 0 Å². The molecule has 4 heteroatoms. The van der Waals surface area contributed by atoms with Gasteiger partial charge in [0, 0.05) is 6.42 Å². The Morgan fingerprint density at radius 1 is 1.45 bits per heavy atom. The first-order valence-corrected chi connectivity index (χ1v) is 3.08. The van der Waals surface area contributed by atoms with Gasteiger partial charge in [-0.15, -0.1) is 0 Å². The van der Waals surface area contributed by atoms with Gasteiger partial charge < -0.3 is 0 Å². The Kier molecular flexibility index (Phi) is 3.66. The second-order valence-corrected chi connectivity index (χ2v) is 1.88. The van der Waals surface area contributed by atoms with Gasteiger partial charge in [-0.3, -0.25) is 4.79 Å². The zero-order valence-corrected chi connectivity index (χ0v) is 5.96. The second-order valence-electron chi connectivity index (χ2n) is 1.88. The topological polar surface area (TPSA) is 17.1 Å². The molecule has 0 aromatic heterocycles. The molecule has 1 nitrogen and oxygen atoms in total. The van der Waals surface area contributed by atoms with Crippen LogP contribution < -0.4 is 0 Å². The van der Waals surface area contributed by atoms with Crippen LogP contribution in [0.5, 0.6) is 0 Å². The molecule has 0 rings (SSSR count). The molecule has 0 amide bonds. The van der Waals surface area contributed by atoms with Crippen LogP contribution in [0.2, 0.25) is 0 Å². The standard InChI is InChI=1S/C7H7F3O/c1-2-3-4-5-6(11)7(8,9)10/h2-3H2,1H3. The maximum absolute atomic E-state index is 11.4. The van der Waals surface area contributed by atoms with Crippen molar-refractivity contribution in [3.63, 3.8) is 0 Å². The van der Waals surface area contributed by atoms with Crippen molar-refractivity contribution in [3.8, 4) is 11.8 Å². The zero-order chi connectivity index (χ0) is 8.91. The quantitative estimate of drug-likeness (QED) is 0.427. The van der Waals surface area contributed by atoms with Crippen LogP contribution in [0.4, 0.5) is 13.2 Å². The van der Waals surface area contributed by atoms with Gasteiger partial charge in [0.1, 0.15) is 0 Å². The van der Waals surface area contributed by atoms with Crippen molar-refractivity contribution in [2.45, 2.75) is 25.9 Å². The predicted molar refractivity (Wildman–Crippen MR) is 33.7 cm³/mol. The lowest BCUT2D eigenvalue weighted by molar-refractivity contribution is -0.164. The van der Waals surface area contributed by atoms with Crippen LogP contribution in [0.15, 0.2) is 0 Å². The van der Waals surface area contributed by atoms with Gasteiger partial charge in [0.25, 0.3) is 0 Å². The molecule has 0 aliphatic carbocycles. The molecular formula is C7H7F3O. The molecule has 0 aliphatic rings. The van der Waals surface area contributed by atoms with E-state index in [0.717, 1.165) is 0 Å². The van der Waals surface area contributed by atoms with Gasteiger partial charge in [0.15, 0.2) is 0 Å². The first-order chi connectivity index (χ1) is 4.98. The van der Waals surface area contributed by atoms with Crippen LogP contribution in [0.25, 0.3) is 0 Å². The first kappa shape index (κ1) is 10.0. The Bertz CT molecular complexity index is 194. The number of halogens is 3. The highest BCUT2D eigenvalue weighted by molar-refractivity contribution is 5.99. The fourth-order valence-electron chi connectivity index (χ4n) is 0.339. The summed E-state index contributed by atoms with van der Waals surface area (Å²) >= 11 is 0. The third kappa shape index (κ3) is 4.43. The van der Waals surface area contributed by atoms with E-state index in [9.17, 15) is 18.0 Å². The van der Waals surface area contributed by atoms with Crippen LogP contribution in [0, 0.1) is 11.8 Å². The Balaban J connectivity index is 4.01. The van der Waals surface area contributed by atoms with E-state index in [4.69, 9.17) is 0 Å². The minimum atomic E-state index is -4.80. The smallest absolute Gasteiger partial charge is 0.275 e. The van der Waals surface area contributed by atoms with E-state index in [-0.39, 0.29) is 0 Å². The van der Waals surface area contributed by atoms with E-state index in [2.05, 4.69) is 5.92 Å². The van der Waals surface area contributed by atoms with Gasteiger partial charge in [0.2, 0.25) is 0 Å². The van der Waals surface area contributed by atoms with E-state index < -0.39 is 12.0 Å². The summed E-state index contributed by atoms with van der Waals surface area (Å²) < 4.78 is 34.3. The van der Waals surface area contributed by atoms with E-state index in [1.54, 1.807) is 6.92 Å². The molecule has 0 bridgehead atoms. The summed E-state index contributed by atoms with van der Waals surface area (Å²) in [7, 11) is 0. The van der Waals surface area contributed by atoms with E-state index in [1.807, 2.05) is 0 Å². The lowest BCUT2D eigenvalue weighted by Gasteiger charge is -1.95. The van der Waals surface area contributed by atoms with Crippen LogP contribution in [-0.4, -0.2) is 12.0 Å². The largest absolute Gasteiger partial charge is 0.462 e. The molecule has 0 unspecified atom stereocenters. The number of carbonyl (C=O) groups excluding carboxylic acids is 1. The molecule has 0 radical (unpaired) electrons. The molecule has 0 aromatic rings. The summed E-state index contributed by atoms with van der Waals surface area (Å²) in [5, 5.41) is 0. The van der Waals surface area contributed by atoms with Crippen molar-refractivity contribution in [1.29, 1.82) is 0 Å². The molecule has 0 aromatic carbocycles. The average molecular weight is 164 g/mol. The van der Waals surface area contributed by atoms with Crippen molar-refractivity contribution in [1.82, 2.24) is 0 Å². The van der Waals surface area contributed by atoms with E-state index in [0.29, 0.717) is 12.8 Å². The van der Waals surface area contributed by atoms with Crippen LogP contribution in [0.1, 0.15) is 19.8 Å². The molecule has 62 valence electrons. The van der Waals surface area contributed by atoms with Crippen LogP contribution >= 0.6 is 0 Å². The van der Waals surface area contributed by atoms with Gasteiger partial charge in [-0.05, 0) is 12.3 Å². The van der Waals surface area contributed by atoms with Crippen molar-refractivity contribution in [2.24, 2.45) is 0 Å². The molecule has 0 fully saturated rings. The minimum Gasteiger partial charge on any atom is -0.275 e. The summed E-state index contributed by atoms with van der Waals surface area (Å²) in [6.45, 7) is 1.77. The van der Waals surface area contributed by atoms with Crippen molar-refractivity contribution < 1.29 is 18.0 Å². The Morgan fingerprint density at radius 3 is 2.36 bits per heavy atom. The van der Waals surface area contributed by atoms with Crippen LogP contribution in [0.3, 0.4) is 0 Å². The number of Topliss-reactive ketones (excluding diaryl/α,β-unsaturated/α-hetero) is 1. The van der Waals surface area contributed by atoms with Crippen molar-refractivity contribution in [3.05, 3.63) is 0 Å². The second kappa shape index (κ2) is 4.02. The van der Waals surface area contributed by atoms with E-state index in [1.165, 1.54) is 5.92 Å². The Hall–Kier alpha value is -0.980. The lowest BCUT2D eigenvalue weighted by Crippen LogP contribution is -2.20. The predicted octanol–water partition coefficient (Wildman–Crippen LogP) is 1.92. The minimum absolute atomic E-state index is 0.321. The molecule has 0 saturated heterocycles. The molecule has 0 N–H and O–H groups in total. The molecule has 0 saturated carbocycles. The maximum atomic E-state index is 11.4. The fraction of sp³-hybridized carbons (Fsp3) is 0.571. The Morgan fingerprint density at radius 2 is 2.00 bits per heavy atom. The van der Waals surface area contributed by atoms with Crippen LogP contribution in [-0.2, 0) is 4.79 Å². The Labute approximate surface area is 62.6 Å². The number of ketones is 1. The van der Waals surface area contributed by atoms with Gasteiger partial charge in [0.05, 0.1) is 0 Å². The fourth-order valence-corrected chi connectivity index (χ4v) is 0.339. The summed E-state index contributed by atoms with van der Waals surface area (Å²) in [6.07, 6.45) is -3.83. The van der Waals surface area contributed by atoms with Gasteiger partial charge >= 0.3 is 12.0 Å². The number of hydrogen-bond acceptors (Lipinski definition) is 1. The highest BCUT2D eigenvalue weighted by Gasteiger charge is 2.36. The number of alkyl halides is 3. The number of unbranched alkanes of at least 4 members (excludes halogenated alkanes) is 1. The first-order valence-electron chi connectivity index (χ1n) is 3.08. The van der Waals surface area contributed by atoms with Crippen molar-refractivity contribution >= 4 is 5.78 Å². The summed E-state index contributed by atoms with van der Waals surface area (Å²) in [5.74, 6) is 1.66. The highest BCUT2D eigenvalue weighted by atomic mass is 19.4. The summed E-state index contributed by atoms with van der Waals surface area (Å²) in [6, 6.07) is 0. The van der Waals surface area contributed by atoms with E-state index >= 15 is 0 Å². The lowest BCUT2D eigenvalue weighted by atomic mass is 10.3. The van der Waals surface area contributed by atoms with Gasteiger partial charge in [-0.1, -0.05) is 12.8 Å². The monoisotopic (exact) mass is 164 g/mol. The molecule has 0 heterocycles. The molecule has 0 atom stereocenters. The maximum Gasteiger partial charge on any atom is 0.462 e. The summed E-state index contributed by atoms with van der Waals surface area (Å²) in [5.41, 5.74) is 0. The summed E-state index contributed by atoms with van der Waals surface area (Å²) in [4.78, 5) is 10.0. The normalized spacial score (nSPS) is 10.2. The zero-order valence-electron chi connectivity index (χ0n) is 5.96. The number of carbonyl (C=O) groups is 1. The third-order valence-electron chi connectivity index (χ3n) is 0.834. The van der Waals surface area contributed by atoms with Gasteiger partial charge in [-0.25, -0.2) is 0 Å². The average Bonchev–Trinajstić information content (AvgIpc) is 1.86. The number of hydrogen-bond donors (Lipinski definition) is 0. The highest BCUT2D eigenvalue weighted by Crippen LogP contribution is 2.14. The number of rotatable bonds is 1. The van der Waals surface area contributed by atoms with Gasteiger partial charge in [-0.2, -0.15) is 13.2 Å². The molecular weight excluding hydrogens is 157 g/mol. The molecule has 0 aliphatic heterocycles. The molecule has 0 spiro atoms. The molecule has 11 heavy (non-hydrogen) atoms.